The third kappa shape index (κ3) is 2.23. The summed E-state index contributed by atoms with van der Waals surface area (Å²) in [6.07, 6.45) is 1.94. The number of carbonyl (C=O) groups excluding carboxylic acids is 2. The first kappa shape index (κ1) is 12.2. The SMILES string of the molecule is Cc1ccccc1C1C(=O)NCCN1C(=O)C1CC1. The van der Waals surface area contributed by atoms with E-state index in [-0.39, 0.29) is 17.7 Å². The molecule has 1 N–H and O–H groups in total. The van der Waals surface area contributed by atoms with E-state index < -0.39 is 6.04 Å². The molecule has 2 aliphatic rings. The summed E-state index contributed by atoms with van der Waals surface area (Å²) in [7, 11) is 0. The number of carbonyl (C=O) groups is 2. The predicted molar refractivity (Wildman–Crippen MR) is 71.4 cm³/mol. The molecular formula is C15H18N2O2. The Hall–Kier alpha value is -1.84. The van der Waals surface area contributed by atoms with Crippen LogP contribution in [-0.4, -0.2) is 29.8 Å². The zero-order valence-corrected chi connectivity index (χ0v) is 11.1. The minimum atomic E-state index is -0.456. The van der Waals surface area contributed by atoms with Crippen LogP contribution in [0.2, 0.25) is 0 Å². The van der Waals surface area contributed by atoms with E-state index in [0.717, 1.165) is 24.0 Å². The Morgan fingerprint density at radius 2 is 2.05 bits per heavy atom. The van der Waals surface area contributed by atoms with Gasteiger partial charge in [-0.15, -0.1) is 0 Å². The lowest BCUT2D eigenvalue weighted by Gasteiger charge is -2.36. The summed E-state index contributed by atoms with van der Waals surface area (Å²) in [5.41, 5.74) is 1.99. The monoisotopic (exact) mass is 258 g/mol. The molecule has 1 saturated carbocycles. The lowest BCUT2D eigenvalue weighted by atomic mass is 9.97. The van der Waals surface area contributed by atoms with Crippen LogP contribution in [0.5, 0.6) is 0 Å². The van der Waals surface area contributed by atoms with Crippen molar-refractivity contribution in [2.24, 2.45) is 5.92 Å². The summed E-state index contributed by atoms with van der Waals surface area (Å²) in [4.78, 5) is 26.3. The Kier molecular flexibility index (Phi) is 3.01. The summed E-state index contributed by atoms with van der Waals surface area (Å²) < 4.78 is 0. The Balaban J connectivity index is 1.95. The fourth-order valence-corrected chi connectivity index (χ4v) is 2.67. The van der Waals surface area contributed by atoms with E-state index in [1.165, 1.54) is 0 Å². The molecular weight excluding hydrogens is 240 g/mol. The minimum Gasteiger partial charge on any atom is -0.352 e. The van der Waals surface area contributed by atoms with Crippen LogP contribution in [0.25, 0.3) is 0 Å². The summed E-state index contributed by atoms with van der Waals surface area (Å²) in [6.45, 7) is 3.15. The van der Waals surface area contributed by atoms with Crippen LogP contribution >= 0.6 is 0 Å². The summed E-state index contributed by atoms with van der Waals surface area (Å²) in [5, 5.41) is 2.87. The Morgan fingerprint density at radius 3 is 2.74 bits per heavy atom. The van der Waals surface area contributed by atoms with Gasteiger partial charge in [-0.25, -0.2) is 0 Å². The van der Waals surface area contributed by atoms with Gasteiger partial charge in [0.2, 0.25) is 11.8 Å². The van der Waals surface area contributed by atoms with Crippen molar-refractivity contribution in [2.45, 2.75) is 25.8 Å². The van der Waals surface area contributed by atoms with Crippen molar-refractivity contribution in [2.75, 3.05) is 13.1 Å². The largest absolute Gasteiger partial charge is 0.352 e. The Morgan fingerprint density at radius 1 is 1.32 bits per heavy atom. The van der Waals surface area contributed by atoms with Crippen molar-refractivity contribution in [3.05, 3.63) is 35.4 Å². The van der Waals surface area contributed by atoms with Gasteiger partial charge in [0.15, 0.2) is 0 Å². The van der Waals surface area contributed by atoms with Crippen molar-refractivity contribution >= 4 is 11.8 Å². The average molecular weight is 258 g/mol. The van der Waals surface area contributed by atoms with Gasteiger partial charge in [0.05, 0.1) is 0 Å². The number of nitrogens with one attached hydrogen (secondary N) is 1. The van der Waals surface area contributed by atoms with Crippen molar-refractivity contribution in [3.8, 4) is 0 Å². The Bertz CT molecular complexity index is 523. The topological polar surface area (TPSA) is 49.4 Å². The second-order valence-corrected chi connectivity index (χ2v) is 5.36. The zero-order valence-electron chi connectivity index (χ0n) is 11.1. The third-order valence-corrected chi connectivity index (χ3v) is 3.90. The third-order valence-electron chi connectivity index (χ3n) is 3.90. The summed E-state index contributed by atoms with van der Waals surface area (Å²) in [6, 6.07) is 7.34. The molecule has 1 saturated heterocycles. The van der Waals surface area contributed by atoms with Crippen LogP contribution in [-0.2, 0) is 9.59 Å². The van der Waals surface area contributed by atoms with Crippen LogP contribution in [0.4, 0.5) is 0 Å². The summed E-state index contributed by atoms with van der Waals surface area (Å²) >= 11 is 0. The quantitative estimate of drug-likeness (QED) is 0.872. The molecule has 1 aromatic rings. The molecule has 1 aliphatic heterocycles. The standard InChI is InChI=1S/C15H18N2O2/c1-10-4-2-3-5-12(10)13-14(18)16-8-9-17(13)15(19)11-6-7-11/h2-5,11,13H,6-9H2,1H3,(H,16,18). The fraction of sp³-hybridized carbons (Fsp3) is 0.467. The maximum Gasteiger partial charge on any atom is 0.247 e. The zero-order chi connectivity index (χ0) is 13.4. The Labute approximate surface area is 112 Å². The van der Waals surface area contributed by atoms with Gasteiger partial charge in [0, 0.05) is 19.0 Å². The molecule has 1 unspecified atom stereocenters. The first-order valence-corrected chi connectivity index (χ1v) is 6.82. The van der Waals surface area contributed by atoms with Gasteiger partial charge < -0.3 is 10.2 Å². The van der Waals surface area contributed by atoms with Crippen LogP contribution < -0.4 is 5.32 Å². The molecule has 100 valence electrons. The minimum absolute atomic E-state index is 0.0606. The molecule has 19 heavy (non-hydrogen) atoms. The van der Waals surface area contributed by atoms with E-state index >= 15 is 0 Å². The number of amides is 2. The lowest BCUT2D eigenvalue weighted by Crippen LogP contribution is -2.52. The highest BCUT2D eigenvalue weighted by Gasteiger charge is 2.41. The number of piperazine rings is 1. The number of rotatable bonds is 2. The number of benzene rings is 1. The van der Waals surface area contributed by atoms with Crippen molar-refractivity contribution in [3.63, 3.8) is 0 Å². The molecule has 2 fully saturated rings. The van der Waals surface area contributed by atoms with E-state index in [0.29, 0.717) is 13.1 Å². The second-order valence-electron chi connectivity index (χ2n) is 5.36. The van der Waals surface area contributed by atoms with Gasteiger partial charge in [-0.1, -0.05) is 24.3 Å². The van der Waals surface area contributed by atoms with Crippen molar-refractivity contribution < 1.29 is 9.59 Å². The van der Waals surface area contributed by atoms with E-state index in [9.17, 15) is 9.59 Å². The fourth-order valence-electron chi connectivity index (χ4n) is 2.67. The van der Waals surface area contributed by atoms with Gasteiger partial charge in [0.25, 0.3) is 0 Å². The van der Waals surface area contributed by atoms with Crippen molar-refractivity contribution in [1.29, 1.82) is 0 Å². The molecule has 0 radical (unpaired) electrons. The highest BCUT2D eigenvalue weighted by molar-refractivity contribution is 5.91. The molecule has 1 heterocycles. The lowest BCUT2D eigenvalue weighted by molar-refractivity contribution is -0.144. The first-order valence-electron chi connectivity index (χ1n) is 6.82. The molecule has 4 nitrogen and oxygen atoms in total. The molecule has 0 spiro atoms. The second kappa shape index (κ2) is 4.68. The van der Waals surface area contributed by atoms with E-state index in [1.807, 2.05) is 31.2 Å². The van der Waals surface area contributed by atoms with Crippen LogP contribution in [0, 0.1) is 12.8 Å². The van der Waals surface area contributed by atoms with E-state index in [1.54, 1.807) is 4.90 Å². The highest BCUT2D eigenvalue weighted by Crippen LogP contribution is 2.35. The number of hydrogen-bond acceptors (Lipinski definition) is 2. The highest BCUT2D eigenvalue weighted by atomic mass is 16.2. The maximum atomic E-state index is 12.3. The number of nitrogens with zero attached hydrogens (tertiary/aromatic N) is 1. The van der Waals surface area contributed by atoms with E-state index in [4.69, 9.17) is 0 Å². The predicted octanol–water partition coefficient (Wildman–Crippen LogP) is 1.40. The van der Waals surface area contributed by atoms with E-state index in [2.05, 4.69) is 5.32 Å². The molecule has 1 atom stereocenters. The molecule has 3 rings (SSSR count). The van der Waals surface area contributed by atoms with Gasteiger partial charge in [-0.2, -0.15) is 0 Å². The smallest absolute Gasteiger partial charge is 0.247 e. The average Bonchev–Trinajstić information content (AvgIpc) is 3.23. The van der Waals surface area contributed by atoms with Crippen LogP contribution in [0.3, 0.4) is 0 Å². The number of hydrogen-bond donors (Lipinski definition) is 1. The molecule has 0 aromatic heterocycles. The molecule has 2 amide bonds. The van der Waals surface area contributed by atoms with Crippen LogP contribution in [0.15, 0.2) is 24.3 Å². The van der Waals surface area contributed by atoms with Crippen LogP contribution in [0.1, 0.15) is 30.0 Å². The molecule has 1 aliphatic carbocycles. The van der Waals surface area contributed by atoms with Crippen molar-refractivity contribution in [1.82, 2.24) is 10.2 Å². The normalized spacial score (nSPS) is 23.1. The molecule has 4 heteroatoms. The first-order chi connectivity index (χ1) is 9.18. The molecule has 0 bridgehead atoms. The van der Waals surface area contributed by atoms with Gasteiger partial charge in [0.1, 0.15) is 6.04 Å². The molecule has 1 aromatic carbocycles. The number of aryl methyl sites for hydroxylation is 1. The van der Waals surface area contributed by atoms with Gasteiger partial charge >= 0.3 is 0 Å². The summed E-state index contributed by atoms with van der Waals surface area (Å²) in [5.74, 6) is 0.232. The maximum absolute atomic E-state index is 12.3. The van der Waals surface area contributed by atoms with Gasteiger partial charge in [-0.05, 0) is 30.9 Å². The van der Waals surface area contributed by atoms with Gasteiger partial charge in [-0.3, -0.25) is 9.59 Å².